The summed E-state index contributed by atoms with van der Waals surface area (Å²) in [5.41, 5.74) is 0.933. The Bertz CT molecular complexity index is 1790. The standard InChI is InChI=1S/C30H24N4O12/c35-28(26-16-20(34(43)44)6-12-24(26)30(38)39)31-18-3-9-22(10-4-18)46-14-13-45-21-7-1-17(2-8-21)27(32-40)25-15-19(33(41)42)5-11-23(25)29(36)37/h1-12,15-16,27,32,40H,13-14H2,(H,31,35)(H,36,37)(H,38,39). The summed E-state index contributed by atoms with van der Waals surface area (Å²) in [5.74, 6) is -2.74. The number of aromatic carboxylic acids is 2. The van der Waals surface area contributed by atoms with Crippen LogP contribution in [0.1, 0.15) is 48.2 Å². The summed E-state index contributed by atoms with van der Waals surface area (Å²) < 4.78 is 11.3. The van der Waals surface area contributed by atoms with Crippen LogP contribution >= 0.6 is 0 Å². The topological polar surface area (TPSA) is 241 Å². The number of hydrogen-bond donors (Lipinski definition) is 5. The lowest BCUT2D eigenvalue weighted by molar-refractivity contribution is -0.385. The average Bonchev–Trinajstić information content (AvgIpc) is 3.04. The van der Waals surface area contributed by atoms with Crippen molar-refractivity contribution in [2.45, 2.75) is 6.04 Å². The van der Waals surface area contributed by atoms with Crippen LogP contribution < -0.4 is 20.3 Å². The third kappa shape index (κ3) is 7.76. The largest absolute Gasteiger partial charge is 0.490 e. The van der Waals surface area contributed by atoms with Crippen LogP contribution in [0.5, 0.6) is 11.5 Å². The van der Waals surface area contributed by atoms with Crippen molar-refractivity contribution >= 4 is 34.9 Å². The predicted molar refractivity (Wildman–Crippen MR) is 159 cm³/mol. The van der Waals surface area contributed by atoms with Crippen molar-refractivity contribution in [3.05, 3.63) is 133 Å². The van der Waals surface area contributed by atoms with E-state index in [-0.39, 0.29) is 41.3 Å². The van der Waals surface area contributed by atoms with Gasteiger partial charge in [-0.15, -0.1) is 0 Å². The number of carbonyl (C=O) groups is 3. The van der Waals surface area contributed by atoms with Crippen molar-refractivity contribution in [1.82, 2.24) is 5.48 Å². The summed E-state index contributed by atoms with van der Waals surface area (Å²) in [4.78, 5) is 56.6. The zero-order valence-corrected chi connectivity index (χ0v) is 23.5. The quantitative estimate of drug-likeness (QED) is 0.0721. The summed E-state index contributed by atoms with van der Waals surface area (Å²) in [5, 5.41) is 53.4. The maximum absolute atomic E-state index is 12.7. The Hall–Kier alpha value is -6.39. The molecule has 0 spiro atoms. The molecule has 0 bridgehead atoms. The Labute approximate surface area is 258 Å². The summed E-state index contributed by atoms with van der Waals surface area (Å²) >= 11 is 0. The van der Waals surface area contributed by atoms with Crippen molar-refractivity contribution in [2.24, 2.45) is 0 Å². The highest BCUT2D eigenvalue weighted by atomic mass is 16.6. The Morgan fingerprint density at radius 2 is 1.20 bits per heavy atom. The number of nitro groups is 2. The SMILES string of the molecule is O=C(O)c1ccc([N+](=O)[O-])cc1C(=O)Nc1ccc(OCCOc2ccc(C(NO)c3cc([N+](=O)[O-])ccc3C(=O)O)cc2)cc1. The van der Waals surface area contributed by atoms with E-state index >= 15 is 0 Å². The Balaban J connectivity index is 1.32. The molecule has 46 heavy (non-hydrogen) atoms. The molecule has 0 aromatic heterocycles. The highest BCUT2D eigenvalue weighted by Gasteiger charge is 2.24. The van der Waals surface area contributed by atoms with Crippen LogP contribution in [-0.2, 0) is 0 Å². The van der Waals surface area contributed by atoms with Crippen LogP contribution in [-0.4, -0.2) is 56.3 Å². The summed E-state index contributed by atoms with van der Waals surface area (Å²) in [6, 6.07) is 17.3. The summed E-state index contributed by atoms with van der Waals surface area (Å²) in [6.45, 7) is 0.220. The van der Waals surface area contributed by atoms with Gasteiger partial charge in [0.25, 0.3) is 17.3 Å². The molecule has 0 saturated carbocycles. The zero-order chi connectivity index (χ0) is 33.4. The lowest BCUT2D eigenvalue weighted by Crippen LogP contribution is -2.21. The maximum Gasteiger partial charge on any atom is 0.336 e. The first kappa shape index (κ1) is 32.5. The normalized spacial score (nSPS) is 11.2. The number of hydrogen-bond acceptors (Lipinski definition) is 11. The van der Waals surface area contributed by atoms with Gasteiger partial charge < -0.3 is 30.2 Å². The molecule has 0 fully saturated rings. The molecule has 16 heteroatoms. The minimum atomic E-state index is -1.41. The Morgan fingerprint density at radius 3 is 1.70 bits per heavy atom. The predicted octanol–water partition coefficient (Wildman–Crippen LogP) is 4.68. The van der Waals surface area contributed by atoms with E-state index in [1.54, 1.807) is 24.3 Å². The molecule has 5 N–H and O–H groups in total. The first-order valence-electron chi connectivity index (χ1n) is 13.2. The van der Waals surface area contributed by atoms with Crippen LogP contribution in [0.3, 0.4) is 0 Å². The van der Waals surface area contributed by atoms with Crippen LogP contribution in [0.4, 0.5) is 17.1 Å². The molecule has 0 saturated heterocycles. The van der Waals surface area contributed by atoms with Gasteiger partial charge in [-0.2, -0.15) is 5.48 Å². The van der Waals surface area contributed by atoms with Gasteiger partial charge in [0.05, 0.1) is 32.6 Å². The third-order valence-electron chi connectivity index (χ3n) is 6.55. The first-order valence-corrected chi connectivity index (χ1v) is 13.2. The molecule has 4 aromatic rings. The molecular formula is C30H24N4O12. The van der Waals surface area contributed by atoms with Gasteiger partial charge >= 0.3 is 11.9 Å². The number of amides is 1. The smallest absolute Gasteiger partial charge is 0.336 e. The number of nitro benzene ring substituents is 2. The maximum atomic E-state index is 12.7. The minimum Gasteiger partial charge on any atom is -0.490 e. The number of benzene rings is 4. The molecule has 16 nitrogen and oxygen atoms in total. The van der Waals surface area contributed by atoms with E-state index in [1.807, 2.05) is 5.48 Å². The second kappa shape index (κ2) is 14.4. The average molecular weight is 633 g/mol. The molecule has 0 aliphatic heterocycles. The fraction of sp³-hybridized carbons (Fsp3) is 0.100. The van der Waals surface area contributed by atoms with Crippen LogP contribution in [0.15, 0.2) is 84.9 Å². The van der Waals surface area contributed by atoms with E-state index in [4.69, 9.17) is 9.47 Å². The molecule has 1 amide bonds. The molecular weight excluding hydrogens is 608 g/mol. The van der Waals surface area contributed by atoms with E-state index in [2.05, 4.69) is 5.32 Å². The number of hydroxylamine groups is 1. The molecule has 0 aliphatic carbocycles. The summed E-state index contributed by atoms with van der Waals surface area (Å²) in [6.07, 6.45) is 0. The van der Waals surface area contributed by atoms with Gasteiger partial charge in [-0.1, -0.05) is 12.1 Å². The molecule has 236 valence electrons. The van der Waals surface area contributed by atoms with Crippen LogP contribution in [0.25, 0.3) is 0 Å². The van der Waals surface area contributed by atoms with Gasteiger partial charge in [0.2, 0.25) is 0 Å². The lowest BCUT2D eigenvalue weighted by atomic mass is 9.94. The molecule has 1 atom stereocenters. The van der Waals surface area contributed by atoms with E-state index in [0.717, 1.165) is 36.4 Å². The van der Waals surface area contributed by atoms with Gasteiger partial charge in [0.15, 0.2) is 0 Å². The number of carbonyl (C=O) groups excluding carboxylic acids is 1. The molecule has 0 radical (unpaired) electrons. The second-order valence-electron chi connectivity index (χ2n) is 9.43. The number of carboxylic acid groups (broad SMARTS) is 2. The third-order valence-corrected chi connectivity index (χ3v) is 6.55. The fourth-order valence-corrected chi connectivity index (χ4v) is 4.35. The molecule has 4 rings (SSSR count). The van der Waals surface area contributed by atoms with Crippen molar-refractivity contribution < 1.29 is 49.1 Å². The number of anilines is 1. The lowest BCUT2D eigenvalue weighted by Gasteiger charge is -2.18. The van der Waals surface area contributed by atoms with Gasteiger partial charge in [0, 0.05) is 30.0 Å². The summed E-state index contributed by atoms with van der Waals surface area (Å²) in [7, 11) is 0. The first-order chi connectivity index (χ1) is 22.0. The van der Waals surface area contributed by atoms with E-state index < -0.39 is 45.0 Å². The molecule has 4 aromatic carbocycles. The number of carboxylic acids is 2. The van der Waals surface area contributed by atoms with E-state index in [1.165, 1.54) is 24.3 Å². The fourth-order valence-electron chi connectivity index (χ4n) is 4.35. The second-order valence-corrected chi connectivity index (χ2v) is 9.43. The minimum absolute atomic E-state index is 0.00842. The number of rotatable bonds is 14. The Kier molecular flexibility index (Phi) is 10.2. The zero-order valence-electron chi connectivity index (χ0n) is 23.5. The van der Waals surface area contributed by atoms with Gasteiger partial charge in [0.1, 0.15) is 24.7 Å². The molecule has 0 heterocycles. The number of ether oxygens (including phenoxy) is 2. The van der Waals surface area contributed by atoms with Gasteiger partial charge in [-0.3, -0.25) is 25.0 Å². The van der Waals surface area contributed by atoms with Gasteiger partial charge in [-0.05, 0) is 59.7 Å². The number of non-ortho nitro benzene ring substituents is 2. The Morgan fingerprint density at radius 1 is 0.696 bits per heavy atom. The number of nitrogens with zero attached hydrogens (tertiary/aromatic N) is 2. The van der Waals surface area contributed by atoms with E-state index in [0.29, 0.717) is 17.1 Å². The van der Waals surface area contributed by atoms with Crippen LogP contribution in [0, 0.1) is 20.2 Å². The molecule has 1 unspecified atom stereocenters. The number of nitrogens with one attached hydrogen (secondary N) is 2. The molecule has 0 aliphatic rings. The monoisotopic (exact) mass is 632 g/mol. The highest BCUT2D eigenvalue weighted by molar-refractivity contribution is 6.11. The van der Waals surface area contributed by atoms with Crippen molar-refractivity contribution in [3.8, 4) is 11.5 Å². The highest BCUT2D eigenvalue weighted by Crippen LogP contribution is 2.30. The van der Waals surface area contributed by atoms with Crippen molar-refractivity contribution in [1.29, 1.82) is 0 Å². The van der Waals surface area contributed by atoms with Crippen molar-refractivity contribution in [2.75, 3.05) is 18.5 Å². The van der Waals surface area contributed by atoms with Gasteiger partial charge in [-0.25, -0.2) is 9.59 Å². The van der Waals surface area contributed by atoms with Crippen LogP contribution in [0.2, 0.25) is 0 Å². The van der Waals surface area contributed by atoms with E-state index in [9.17, 15) is 50.0 Å². The van der Waals surface area contributed by atoms with Crippen molar-refractivity contribution in [3.63, 3.8) is 0 Å².